The Hall–Kier alpha value is -1.30. The van der Waals surface area contributed by atoms with E-state index in [4.69, 9.17) is 16.3 Å². The van der Waals surface area contributed by atoms with Crippen molar-refractivity contribution in [3.8, 4) is 0 Å². The van der Waals surface area contributed by atoms with Crippen molar-refractivity contribution in [2.45, 2.75) is 57.1 Å². The maximum atomic E-state index is 13.4. The van der Waals surface area contributed by atoms with E-state index in [0.717, 1.165) is 41.0 Å². The smallest absolute Gasteiger partial charge is 0.199 e. The Labute approximate surface area is 176 Å². The lowest BCUT2D eigenvalue weighted by atomic mass is 9.93. The first-order chi connectivity index (χ1) is 13.2. The predicted octanol–water partition coefficient (Wildman–Crippen LogP) is 5.22. The molecular formula is C22H28ClNO3S. The van der Waals surface area contributed by atoms with Crippen LogP contribution in [0.3, 0.4) is 0 Å². The van der Waals surface area contributed by atoms with Crippen LogP contribution in [-0.2, 0) is 9.53 Å². The third kappa shape index (κ3) is 4.47. The number of aryl methyl sites for hydroxylation is 1. The highest BCUT2D eigenvalue weighted by molar-refractivity contribution is 7.99. The molecule has 0 amide bonds. The van der Waals surface area contributed by atoms with Gasteiger partial charge in [-0.15, -0.1) is 11.8 Å². The van der Waals surface area contributed by atoms with E-state index in [1.165, 1.54) is 0 Å². The van der Waals surface area contributed by atoms with Crippen LogP contribution in [0.5, 0.6) is 0 Å². The zero-order chi connectivity index (χ0) is 20.6. The molecule has 1 aliphatic carbocycles. The molecule has 0 N–H and O–H groups in total. The highest BCUT2D eigenvalue weighted by Crippen LogP contribution is 2.46. The van der Waals surface area contributed by atoms with Crippen LogP contribution in [-0.4, -0.2) is 42.4 Å². The van der Waals surface area contributed by atoms with Crippen LogP contribution < -0.4 is 0 Å². The number of carbonyl (C=O) groups is 2. The molecule has 28 heavy (non-hydrogen) atoms. The van der Waals surface area contributed by atoms with Crippen molar-refractivity contribution in [1.82, 2.24) is 4.90 Å². The van der Waals surface area contributed by atoms with Crippen LogP contribution in [0, 0.1) is 12.8 Å². The van der Waals surface area contributed by atoms with Crippen molar-refractivity contribution in [3.05, 3.63) is 39.6 Å². The average Bonchev–Trinajstić information content (AvgIpc) is 3.46. The number of benzene rings is 1. The summed E-state index contributed by atoms with van der Waals surface area (Å²) in [6.07, 6.45) is 4.13. The van der Waals surface area contributed by atoms with Gasteiger partial charge in [0.2, 0.25) is 0 Å². The second-order valence-corrected chi connectivity index (χ2v) is 9.57. The minimum atomic E-state index is -0.291. The molecule has 4 nitrogen and oxygen atoms in total. The van der Waals surface area contributed by atoms with Gasteiger partial charge in [-0.3, -0.25) is 9.59 Å². The Kier molecular flexibility index (Phi) is 6.58. The van der Waals surface area contributed by atoms with Gasteiger partial charge in [0.15, 0.2) is 11.6 Å². The van der Waals surface area contributed by atoms with Gasteiger partial charge in [-0.05, 0) is 51.7 Å². The van der Waals surface area contributed by atoms with E-state index in [2.05, 4.69) is 0 Å². The number of carbonyl (C=O) groups excluding carboxylic acids is 2. The summed E-state index contributed by atoms with van der Waals surface area (Å²) in [6, 6.07) is 1.83. The molecule has 1 unspecified atom stereocenters. The number of hydrogen-bond donors (Lipinski definition) is 0. The summed E-state index contributed by atoms with van der Waals surface area (Å²) in [6.45, 7) is 6.00. The molecule has 0 spiro atoms. The van der Waals surface area contributed by atoms with Crippen molar-refractivity contribution in [1.29, 1.82) is 0 Å². The van der Waals surface area contributed by atoms with E-state index < -0.39 is 0 Å². The molecule has 2 aliphatic rings. The number of allylic oxidation sites excluding steroid dienone is 1. The topological polar surface area (TPSA) is 46.6 Å². The van der Waals surface area contributed by atoms with Gasteiger partial charge in [0, 0.05) is 48.0 Å². The third-order valence-electron chi connectivity index (χ3n) is 4.91. The minimum absolute atomic E-state index is 0.0276. The van der Waals surface area contributed by atoms with Crippen molar-refractivity contribution >= 4 is 34.9 Å². The zero-order valence-corrected chi connectivity index (χ0v) is 18.7. The van der Waals surface area contributed by atoms with Crippen molar-refractivity contribution < 1.29 is 14.3 Å². The Balaban J connectivity index is 2.07. The first-order valence-electron chi connectivity index (χ1n) is 9.79. The predicted molar refractivity (Wildman–Crippen MR) is 114 cm³/mol. The maximum absolute atomic E-state index is 13.4. The lowest BCUT2D eigenvalue weighted by Gasteiger charge is -2.30. The Morgan fingerprint density at radius 2 is 1.96 bits per heavy atom. The number of hydrogen-bond acceptors (Lipinski definition) is 5. The summed E-state index contributed by atoms with van der Waals surface area (Å²) in [5.41, 5.74) is 2.53. The SMILES string of the molecule is Cc1cc(C(=O)C(=CN(C)C)C(=O)C2CC2)c(Cl)c2c1SCCC2OC(C)C. The Bertz CT molecular complexity index is 828. The molecule has 6 heteroatoms. The second-order valence-electron chi connectivity index (χ2n) is 8.08. The lowest BCUT2D eigenvalue weighted by molar-refractivity contribution is -0.116. The van der Waals surface area contributed by atoms with Gasteiger partial charge in [0.1, 0.15) is 0 Å². The van der Waals surface area contributed by atoms with Gasteiger partial charge in [-0.1, -0.05) is 11.6 Å². The summed E-state index contributed by atoms with van der Waals surface area (Å²) in [5, 5.41) is 0.428. The fourth-order valence-electron chi connectivity index (χ4n) is 3.53. The van der Waals surface area contributed by atoms with Crippen LogP contribution in [0.2, 0.25) is 5.02 Å². The molecule has 1 atom stereocenters. The largest absolute Gasteiger partial charge is 0.383 e. The fraction of sp³-hybridized carbons (Fsp3) is 0.545. The molecule has 1 aromatic carbocycles. The van der Waals surface area contributed by atoms with Crippen molar-refractivity contribution in [3.63, 3.8) is 0 Å². The van der Waals surface area contributed by atoms with Crippen LogP contribution >= 0.6 is 23.4 Å². The number of ketones is 2. The number of halogens is 1. The maximum Gasteiger partial charge on any atom is 0.199 e. The molecule has 3 rings (SSSR count). The molecule has 1 heterocycles. The van der Waals surface area contributed by atoms with E-state index in [-0.39, 0.29) is 35.3 Å². The van der Waals surface area contributed by atoms with Crippen LogP contribution in [0.25, 0.3) is 0 Å². The van der Waals surface area contributed by atoms with Gasteiger partial charge in [-0.25, -0.2) is 0 Å². The molecule has 1 fully saturated rings. The van der Waals surface area contributed by atoms with Gasteiger partial charge < -0.3 is 9.64 Å². The highest BCUT2D eigenvalue weighted by atomic mass is 35.5. The monoisotopic (exact) mass is 421 g/mol. The van der Waals surface area contributed by atoms with Crippen LogP contribution in [0.1, 0.15) is 60.7 Å². The number of rotatable bonds is 7. The standard InChI is InChI=1S/C22H28ClNO3S/c1-12(2)27-17-8-9-28-22-13(3)10-15(19(23)18(17)22)21(26)16(11-24(4)5)20(25)14-6-7-14/h10-12,14,17H,6-9H2,1-5H3. The molecular weight excluding hydrogens is 394 g/mol. The molecule has 0 radical (unpaired) electrons. The molecule has 152 valence electrons. The Morgan fingerprint density at radius 1 is 1.29 bits per heavy atom. The van der Waals surface area contributed by atoms with E-state index in [0.29, 0.717) is 10.6 Å². The highest BCUT2D eigenvalue weighted by Gasteiger charge is 2.37. The van der Waals surface area contributed by atoms with E-state index in [1.807, 2.05) is 40.9 Å². The minimum Gasteiger partial charge on any atom is -0.383 e. The molecule has 1 aromatic rings. The summed E-state index contributed by atoms with van der Waals surface area (Å²) in [7, 11) is 3.63. The number of thioether (sulfide) groups is 1. The van der Waals surface area contributed by atoms with Crippen LogP contribution in [0.15, 0.2) is 22.7 Å². The van der Waals surface area contributed by atoms with Gasteiger partial charge in [0.05, 0.1) is 22.8 Å². The quantitative estimate of drug-likeness (QED) is 0.261. The molecule has 0 bridgehead atoms. The second kappa shape index (κ2) is 8.60. The van der Waals surface area contributed by atoms with E-state index in [1.54, 1.807) is 22.9 Å². The van der Waals surface area contributed by atoms with Crippen molar-refractivity contribution in [2.24, 2.45) is 5.92 Å². The summed E-state index contributed by atoms with van der Waals surface area (Å²) in [4.78, 5) is 29.0. The van der Waals surface area contributed by atoms with E-state index in [9.17, 15) is 9.59 Å². The van der Waals surface area contributed by atoms with Gasteiger partial charge in [-0.2, -0.15) is 0 Å². The Morgan fingerprint density at radius 3 is 2.54 bits per heavy atom. The number of ether oxygens (including phenoxy) is 1. The van der Waals surface area contributed by atoms with Gasteiger partial charge in [0.25, 0.3) is 0 Å². The summed E-state index contributed by atoms with van der Waals surface area (Å²) < 4.78 is 6.11. The third-order valence-corrected chi connectivity index (χ3v) is 6.59. The summed E-state index contributed by atoms with van der Waals surface area (Å²) in [5.74, 6) is 0.566. The van der Waals surface area contributed by atoms with Crippen LogP contribution in [0.4, 0.5) is 0 Å². The fourth-order valence-corrected chi connectivity index (χ4v) is 5.15. The zero-order valence-electron chi connectivity index (χ0n) is 17.2. The van der Waals surface area contributed by atoms with Gasteiger partial charge >= 0.3 is 0 Å². The van der Waals surface area contributed by atoms with E-state index >= 15 is 0 Å². The molecule has 1 saturated carbocycles. The summed E-state index contributed by atoms with van der Waals surface area (Å²) >= 11 is 8.54. The first-order valence-corrected chi connectivity index (χ1v) is 11.2. The number of nitrogens with zero attached hydrogens (tertiary/aromatic N) is 1. The number of fused-ring (bicyclic) bond motifs is 1. The number of Topliss-reactive ketones (excluding diaryl/α,β-unsaturated/α-hetero) is 2. The van der Waals surface area contributed by atoms with Crippen molar-refractivity contribution in [2.75, 3.05) is 19.8 Å². The molecule has 1 aliphatic heterocycles. The molecule has 0 saturated heterocycles. The first kappa shape index (κ1) is 21.4. The molecule has 0 aromatic heterocycles. The normalized spacial score (nSPS) is 19.5. The lowest BCUT2D eigenvalue weighted by Crippen LogP contribution is -2.21. The average molecular weight is 422 g/mol.